The van der Waals surface area contributed by atoms with Crippen LogP contribution in [0.25, 0.3) is 0 Å². The highest BCUT2D eigenvalue weighted by molar-refractivity contribution is 6.09. The molecule has 0 aromatic carbocycles. The van der Waals surface area contributed by atoms with Gasteiger partial charge in [0.15, 0.2) is 0 Å². The number of hydrogen-bond acceptors (Lipinski definition) is 2. The normalized spacial score (nSPS) is 7.43. The Labute approximate surface area is 40.8 Å². The van der Waals surface area contributed by atoms with E-state index >= 15 is 0 Å². The van der Waals surface area contributed by atoms with Gasteiger partial charge in [-0.25, -0.2) is 0 Å². The summed E-state index contributed by atoms with van der Waals surface area (Å²) >= 11 is 0. The van der Waals surface area contributed by atoms with Crippen LogP contribution in [0, 0.1) is 0 Å². The van der Waals surface area contributed by atoms with Gasteiger partial charge in [0.05, 0.1) is 5.57 Å². The lowest BCUT2D eigenvalue weighted by Crippen LogP contribution is -2.13. The van der Waals surface area contributed by atoms with E-state index in [-0.39, 0.29) is 5.57 Å². The van der Waals surface area contributed by atoms with Crippen molar-refractivity contribution in [3.63, 3.8) is 0 Å². The molecular formula is C4H4NO2. The van der Waals surface area contributed by atoms with E-state index in [0.717, 1.165) is 0 Å². The van der Waals surface area contributed by atoms with Crippen molar-refractivity contribution in [2.24, 2.45) is 5.73 Å². The monoisotopic (exact) mass is 98.0 g/mol. The Hall–Kier alpha value is -1.12. The second-order valence-electron chi connectivity index (χ2n) is 0.945. The molecule has 0 spiro atoms. The van der Waals surface area contributed by atoms with Gasteiger partial charge in [-0.1, -0.05) is 6.58 Å². The fourth-order valence-corrected chi connectivity index (χ4v) is 0.0503. The summed E-state index contributed by atoms with van der Waals surface area (Å²) in [7, 11) is 0. The van der Waals surface area contributed by atoms with Gasteiger partial charge < -0.3 is 5.73 Å². The van der Waals surface area contributed by atoms with Crippen LogP contribution in [-0.2, 0) is 9.59 Å². The van der Waals surface area contributed by atoms with Crippen LogP contribution in [0.15, 0.2) is 12.2 Å². The molecule has 3 heteroatoms. The lowest BCUT2D eigenvalue weighted by atomic mass is 10.3. The number of primary amides is 1. The molecule has 37 valence electrons. The van der Waals surface area contributed by atoms with Gasteiger partial charge in [-0.15, -0.1) is 0 Å². The van der Waals surface area contributed by atoms with Crippen molar-refractivity contribution >= 4 is 12.2 Å². The Morgan fingerprint density at radius 2 is 2.14 bits per heavy atom. The molecule has 7 heavy (non-hydrogen) atoms. The predicted molar refractivity (Wildman–Crippen MR) is 24.0 cm³/mol. The summed E-state index contributed by atoms with van der Waals surface area (Å²) in [6.45, 7) is 2.97. The van der Waals surface area contributed by atoms with Crippen LogP contribution < -0.4 is 5.73 Å². The van der Waals surface area contributed by atoms with Crippen LogP contribution >= 0.6 is 0 Å². The van der Waals surface area contributed by atoms with E-state index in [0.29, 0.717) is 0 Å². The van der Waals surface area contributed by atoms with Crippen LogP contribution in [0.3, 0.4) is 0 Å². The van der Waals surface area contributed by atoms with E-state index < -0.39 is 5.91 Å². The number of hydrogen-bond donors (Lipinski definition) is 1. The van der Waals surface area contributed by atoms with E-state index in [1.165, 1.54) is 6.29 Å². The Morgan fingerprint density at radius 1 is 1.71 bits per heavy atom. The van der Waals surface area contributed by atoms with E-state index in [4.69, 9.17) is 0 Å². The van der Waals surface area contributed by atoms with E-state index in [2.05, 4.69) is 12.3 Å². The third-order valence-electron chi connectivity index (χ3n) is 0.421. The largest absolute Gasteiger partial charge is 0.365 e. The third kappa shape index (κ3) is 1.70. The molecule has 0 heterocycles. The molecule has 0 aliphatic heterocycles. The lowest BCUT2D eigenvalue weighted by Gasteiger charge is -1.79. The van der Waals surface area contributed by atoms with Crippen LogP contribution in [-0.4, -0.2) is 12.2 Å². The molecule has 0 rings (SSSR count). The molecule has 1 radical (unpaired) electrons. The van der Waals surface area contributed by atoms with Crippen molar-refractivity contribution in [1.29, 1.82) is 0 Å². The van der Waals surface area contributed by atoms with Gasteiger partial charge >= 0.3 is 0 Å². The lowest BCUT2D eigenvalue weighted by molar-refractivity contribution is -0.114. The Kier molecular flexibility index (Phi) is 1.78. The molecule has 0 unspecified atom stereocenters. The van der Waals surface area contributed by atoms with Crippen molar-refractivity contribution < 1.29 is 9.59 Å². The van der Waals surface area contributed by atoms with Crippen LogP contribution in [0.1, 0.15) is 0 Å². The summed E-state index contributed by atoms with van der Waals surface area (Å²) in [4.78, 5) is 19.2. The average Bonchev–Trinajstić information content (AvgIpc) is 1.65. The molecule has 1 amide bonds. The molecule has 0 aliphatic rings. The first-order valence-electron chi connectivity index (χ1n) is 1.55. The summed E-state index contributed by atoms with van der Waals surface area (Å²) in [6, 6.07) is 0. The molecule has 3 nitrogen and oxygen atoms in total. The highest BCUT2D eigenvalue weighted by atomic mass is 16.2. The summed E-state index contributed by atoms with van der Waals surface area (Å²) in [6.07, 6.45) is 1.25. The fourth-order valence-electron chi connectivity index (χ4n) is 0.0503. The maximum atomic E-state index is 9.79. The van der Waals surface area contributed by atoms with E-state index in [9.17, 15) is 9.59 Å². The van der Waals surface area contributed by atoms with Gasteiger partial charge in [-0.3, -0.25) is 9.59 Å². The first-order valence-corrected chi connectivity index (χ1v) is 1.55. The average molecular weight is 98.1 g/mol. The van der Waals surface area contributed by atoms with Crippen LogP contribution in [0.5, 0.6) is 0 Å². The Balaban J connectivity index is 3.81. The quantitative estimate of drug-likeness (QED) is 0.277. The third-order valence-corrected chi connectivity index (χ3v) is 0.421. The van der Waals surface area contributed by atoms with Gasteiger partial charge in [0.25, 0.3) is 5.91 Å². The minimum Gasteiger partial charge on any atom is -0.365 e. The standard InChI is InChI=1S/C4H4NO2/c1-3(2-6)4(5)7/h1H2,(H2,5,7). The number of carbonyl (C=O) groups is 1. The minimum absolute atomic E-state index is 0.319. The number of amides is 1. The summed E-state index contributed by atoms with van der Waals surface area (Å²) in [5.74, 6) is -0.824. The minimum atomic E-state index is -0.824. The van der Waals surface area contributed by atoms with Crippen LogP contribution in [0.4, 0.5) is 0 Å². The SMILES string of the molecule is C=C([C]=O)C(N)=O. The smallest absolute Gasteiger partial charge is 0.252 e. The number of nitrogens with two attached hydrogens (primary N) is 1. The molecule has 0 bridgehead atoms. The molecule has 0 aromatic rings. The first kappa shape index (κ1) is 5.88. The molecule has 0 fully saturated rings. The summed E-state index contributed by atoms with van der Waals surface area (Å²) < 4.78 is 0. The van der Waals surface area contributed by atoms with Crippen molar-refractivity contribution in [2.75, 3.05) is 0 Å². The molecule has 0 aromatic heterocycles. The maximum Gasteiger partial charge on any atom is 0.252 e. The molecular weight excluding hydrogens is 94.0 g/mol. The van der Waals surface area contributed by atoms with E-state index in [1.807, 2.05) is 0 Å². The van der Waals surface area contributed by atoms with Crippen molar-refractivity contribution in [2.45, 2.75) is 0 Å². The fraction of sp³-hybridized carbons (Fsp3) is 0. The Morgan fingerprint density at radius 3 is 2.14 bits per heavy atom. The van der Waals surface area contributed by atoms with Gasteiger partial charge in [0, 0.05) is 0 Å². The maximum absolute atomic E-state index is 9.79. The zero-order valence-corrected chi connectivity index (χ0v) is 3.60. The molecule has 0 atom stereocenters. The molecule has 2 N–H and O–H groups in total. The number of rotatable bonds is 2. The van der Waals surface area contributed by atoms with Crippen molar-refractivity contribution in [1.82, 2.24) is 0 Å². The highest BCUT2D eigenvalue weighted by Gasteiger charge is 1.96. The topological polar surface area (TPSA) is 60.2 Å². The van der Waals surface area contributed by atoms with E-state index in [1.54, 1.807) is 0 Å². The van der Waals surface area contributed by atoms with Crippen molar-refractivity contribution in [3.05, 3.63) is 12.2 Å². The van der Waals surface area contributed by atoms with Crippen molar-refractivity contribution in [3.8, 4) is 0 Å². The van der Waals surface area contributed by atoms with Gasteiger partial charge in [0.2, 0.25) is 6.29 Å². The van der Waals surface area contributed by atoms with Gasteiger partial charge in [0.1, 0.15) is 0 Å². The number of carbonyl (C=O) groups excluding carboxylic acids is 2. The Bertz CT molecular complexity index is 117. The molecule has 0 aliphatic carbocycles. The first-order chi connectivity index (χ1) is 3.18. The second-order valence-corrected chi connectivity index (χ2v) is 0.945. The van der Waals surface area contributed by atoms with Gasteiger partial charge in [-0.05, 0) is 0 Å². The predicted octanol–water partition coefficient (Wildman–Crippen LogP) is -0.862. The summed E-state index contributed by atoms with van der Waals surface area (Å²) in [5, 5.41) is 0. The highest BCUT2D eigenvalue weighted by Crippen LogP contribution is 1.75. The molecule has 0 saturated carbocycles. The summed E-state index contributed by atoms with van der Waals surface area (Å²) in [5.41, 5.74) is 4.23. The van der Waals surface area contributed by atoms with Crippen LogP contribution in [0.2, 0.25) is 0 Å². The zero-order valence-electron chi connectivity index (χ0n) is 3.60. The zero-order chi connectivity index (χ0) is 5.86. The molecule has 0 saturated heterocycles. The second kappa shape index (κ2) is 2.12. The van der Waals surface area contributed by atoms with Gasteiger partial charge in [-0.2, -0.15) is 0 Å².